The van der Waals surface area contributed by atoms with Crippen LogP contribution in [0.25, 0.3) is 10.2 Å². The second-order valence-electron chi connectivity index (χ2n) is 6.40. The Morgan fingerprint density at radius 1 is 0.500 bits per heavy atom. The molecule has 0 amide bonds. The van der Waals surface area contributed by atoms with Crippen molar-refractivity contribution in [1.29, 1.82) is 0 Å². The highest BCUT2D eigenvalue weighted by atomic mass is 32.1. The molecule has 0 unspecified atom stereocenters. The molecule has 0 radical (unpaired) electrons. The monoisotopic (exact) mass is 411 g/mol. The molecule has 0 aliphatic carbocycles. The van der Waals surface area contributed by atoms with Crippen molar-refractivity contribution in [1.82, 2.24) is 19.9 Å². The van der Waals surface area contributed by atoms with Crippen molar-refractivity contribution in [2.24, 2.45) is 0 Å². The van der Waals surface area contributed by atoms with Gasteiger partial charge in [-0.3, -0.25) is 5.32 Å². The molecule has 0 aliphatic rings. The van der Waals surface area contributed by atoms with Gasteiger partial charge in [0.05, 0.1) is 10.2 Å². The van der Waals surface area contributed by atoms with E-state index in [2.05, 4.69) is 35.9 Å². The van der Waals surface area contributed by atoms with E-state index < -0.39 is 0 Å². The van der Waals surface area contributed by atoms with E-state index in [-0.39, 0.29) is 0 Å². The molecule has 5 rings (SSSR count). The minimum absolute atomic E-state index is 0.404. The number of benzene rings is 3. The molecule has 7 nitrogen and oxygen atoms in total. The maximum atomic E-state index is 4.60. The molecule has 8 heteroatoms. The van der Waals surface area contributed by atoms with Crippen molar-refractivity contribution >= 4 is 55.9 Å². The first kappa shape index (κ1) is 18.0. The summed E-state index contributed by atoms with van der Waals surface area (Å²) in [6.07, 6.45) is 0. The van der Waals surface area contributed by atoms with Gasteiger partial charge in [0.1, 0.15) is 0 Å². The summed E-state index contributed by atoms with van der Waals surface area (Å²) in [4.78, 5) is 18.1. The van der Waals surface area contributed by atoms with Crippen molar-refractivity contribution in [2.75, 3.05) is 16.0 Å². The Hall–Kier alpha value is -4.04. The number of hydrogen-bond donors (Lipinski definition) is 3. The van der Waals surface area contributed by atoms with Gasteiger partial charge >= 0.3 is 0 Å². The van der Waals surface area contributed by atoms with Crippen molar-refractivity contribution in [2.45, 2.75) is 0 Å². The summed E-state index contributed by atoms with van der Waals surface area (Å²) in [7, 11) is 0. The van der Waals surface area contributed by atoms with E-state index in [1.54, 1.807) is 11.3 Å². The lowest BCUT2D eigenvalue weighted by atomic mass is 10.3. The summed E-state index contributed by atoms with van der Waals surface area (Å²) in [5.74, 6) is 1.26. The smallest absolute Gasteiger partial charge is 0.235 e. The van der Waals surface area contributed by atoms with Crippen LogP contribution in [-0.4, -0.2) is 19.9 Å². The minimum Gasteiger partial charge on any atom is -0.324 e. The van der Waals surface area contributed by atoms with E-state index in [0.717, 1.165) is 26.7 Å². The number of nitrogens with one attached hydrogen (secondary N) is 3. The third-order valence-corrected chi connectivity index (χ3v) is 5.16. The summed E-state index contributed by atoms with van der Waals surface area (Å²) in [6.45, 7) is 0. The summed E-state index contributed by atoms with van der Waals surface area (Å²) in [5, 5.41) is 10.4. The van der Waals surface area contributed by atoms with Crippen LogP contribution in [0.2, 0.25) is 0 Å². The zero-order valence-electron chi connectivity index (χ0n) is 15.8. The molecule has 0 saturated heterocycles. The lowest BCUT2D eigenvalue weighted by molar-refractivity contribution is 1.06. The van der Waals surface area contributed by atoms with Gasteiger partial charge in [-0.2, -0.15) is 15.0 Å². The number of hydrogen-bond acceptors (Lipinski definition) is 8. The zero-order chi connectivity index (χ0) is 20.2. The maximum Gasteiger partial charge on any atom is 0.235 e. The molecule has 0 fully saturated rings. The van der Waals surface area contributed by atoms with E-state index in [1.807, 2.05) is 84.9 Å². The number of rotatable bonds is 6. The van der Waals surface area contributed by atoms with E-state index in [0.29, 0.717) is 17.8 Å². The van der Waals surface area contributed by atoms with Gasteiger partial charge in [0.2, 0.25) is 17.8 Å². The van der Waals surface area contributed by atoms with Crippen LogP contribution in [0, 0.1) is 0 Å². The second-order valence-corrected chi connectivity index (χ2v) is 7.43. The minimum atomic E-state index is 0.404. The normalized spacial score (nSPS) is 10.7. The van der Waals surface area contributed by atoms with Crippen LogP contribution < -0.4 is 16.0 Å². The third kappa shape index (κ3) is 4.18. The molecule has 3 aromatic carbocycles. The number of anilines is 6. The predicted molar refractivity (Wildman–Crippen MR) is 122 cm³/mol. The average molecular weight is 411 g/mol. The number of thiazole rings is 1. The van der Waals surface area contributed by atoms with Crippen LogP contribution in [0.5, 0.6) is 0 Å². The number of aromatic nitrogens is 4. The largest absolute Gasteiger partial charge is 0.324 e. The van der Waals surface area contributed by atoms with Crippen molar-refractivity contribution < 1.29 is 0 Å². The Labute approximate surface area is 176 Å². The van der Waals surface area contributed by atoms with Gasteiger partial charge in [0.25, 0.3) is 0 Å². The molecule has 0 bridgehead atoms. The van der Waals surface area contributed by atoms with Crippen molar-refractivity contribution in [3.8, 4) is 0 Å². The van der Waals surface area contributed by atoms with Crippen LogP contribution in [0.1, 0.15) is 0 Å². The van der Waals surface area contributed by atoms with Gasteiger partial charge in [0, 0.05) is 11.4 Å². The van der Waals surface area contributed by atoms with Gasteiger partial charge in [-0.1, -0.05) is 59.9 Å². The lowest BCUT2D eigenvalue weighted by Crippen LogP contribution is -2.07. The maximum absolute atomic E-state index is 4.60. The van der Waals surface area contributed by atoms with Gasteiger partial charge < -0.3 is 10.6 Å². The average Bonchev–Trinajstić information content (AvgIpc) is 3.17. The van der Waals surface area contributed by atoms with E-state index in [4.69, 9.17) is 0 Å². The molecule has 2 heterocycles. The van der Waals surface area contributed by atoms with Crippen LogP contribution in [0.4, 0.5) is 34.4 Å². The highest BCUT2D eigenvalue weighted by molar-refractivity contribution is 7.22. The van der Waals surface area contributed by atoms with Crippen LogP contribution in [-0.2, 0) is 0 Å². The number of nitrogens with zero attached hydrogens (tertiary/aromatic N) is 4. The molecule has 0 atom stereocenters. The number of fused-ring (bicyclic) bond motifs is 1. The fourth-order valence-corrected chi connectivity index (χ4v) is 3.73. The Kier molecular flexibility index (Phi) is 4.89. The molecule has 0 spiro atoms. The highest BCUT2D eigenvalue weighted by Gasteiger charge is 2.10. The van der Waals surface area contributed by atoms with Gasteiger partial charge in [-0.05, 0) is 36.4 Å². The summed E-state index contributed by atoms with van der Waals surface area (Å²) in [6, 6.07) is 27.5. The van der Waals surface area contributed by atoms with E-state index >= 15 is 0 Å². The lowest BCUT2D eigenvalue weighted by Gasteiger charge is -2.10. The Balaban J connectivity index is 1.48. The summed E-state index contributed by atoms with van der Waals surface area (Å²) >= 11 is 1.55. The quantitative estimate of drug-likeness (QED) is 0.330. The molecular weight excluding hydrogens is 394 g/mol. The predicted octanol–water partition coefficient (Wildman–Crippen LogP) is 5.71. The SMILES string of the molecule is c1ccc(Nc2nc(Nc3ccccc3)nc(Nc3nc4ccccc4s3)n2)cc1. The fraction of sp³-hybridized carbons (Fsp3) is 0. The molecule has 30 heavy (non-hydrogen) atoms. The molecule has 2 aromatic heterocycles. The first-order chi connectivity index (χ1) is 14.8. The highest BCUT2D eigenvalue weighted by Crippen LogP contribution is 2.28. The third-order valence-electron chi connectivity index (χ3n) is 4.21. The first-order valence-corrected chi connectivity index (χ1v) is 10.2. The van der Waals surface area contributed by atoms with Crippen LogP contribution in [0.3, 0.4) is 0 Å². The molecule has 146 valence electrons. The molecular formula is C22H17N7S. The molecule has 5 aromatic rings. The fourth-order valence-electron chi connectivity index (χ4n) is 2.87. The topological polar surface area (TPSA) is 87.7 Å². The van der Waals surface area contributed by atoms with E-state index in [1.165, 1.54) is 0 Å². The molecule has 0 saturated carbocycles. The van der Waals surface area contributed by atoms with Crippen LogP contribution in [0.15, 0.2) is 84.9 Å². The summed E-state index contributed by atoms with van der Waals surface area (Å²) in [5.41, 5.74) is 2.71. The zero-order valence-corrected chi connectivity index (χ0v) is 16.6. The Morgan fingerprint density at radius 2 is 1.00 bits per heavy atom. The van der Waals surface area contributed by atoms with Crippen LogP contribution >= 0.6 is 11.3 Å². The van der Waals surface area contributed by atoms with Crippen molar-refractivity contribution in [3.63, 3.8) is 0 Å². The van der Waals surface area contributed by atoms with E-state index in [9.17, 15) is 0 Å². The van der Waals surface area contributed by atoms with Crippen molar-refractivity contribution in [3.05, 3.63) is 84.9 Å². The Bertz CT molecular complexity index is 1180. The Morgan fingerprint density at radius 3 is 1.57 bits per heavy atom. The van der Waals surface area contributed by atoms with Gasteiger partial charge in [0.15, 0.2) is 5.13 Å². The molecule has 3 N–H and O–H groups in total. The first-order valence-electron chi connectivity index (χ1n) is 9.35. The van der Waals surface area contributed by atoms with Gasteiger partial charge in [-0.15, -0.1) is 0 Å². The standard InChI is InChI=1S/C22H17N7S/c1-3-9-15(10-4-1)23-19-26-20(24-16-11-5-2-6-12-16)28-21(27-19)29-22-25-17-13-7-8-14-18(17)30-22/h1-14H,(H3,23,24,25,26,27,28,29). The summed E-state index contributed by atoms with van der Waals surface area (Å²) < 4.78 is 1.10. The number of para-hydroxylation sites is 3. The second kappa shape index (κ2) is 8.14. The van der Waals surface area contributed by atoms with Gasteiger partial charge in [-0.25, -0.2) is 4.98 Å². The molecule has 0 aliphatic heterocycles.